The van der Waals surface area contributed by atoms with E-state index in [-0.39, 0.29) is 17.3 Å². The molecule has 0 bridgehead atoms. The Morgan fingerprint density at radius 1 is 1.38 bits per heavy atom. The van der Waals surface area contributed by atoms with Gasteiger partial charge in [-0.15, -0.1) is 11.3 Å². The molecule has 110 valence electrons. The topological polar surface area (TPSA) is 60.4 Å². The number of ether oxygens (including phenoxy) is 1. The fraction of sp³-hybridized carbons (Fsp3) is 0.214. The number of hydrogen-bond acceptors (Lipinski definition) is 5. The third-order valence-corrected chi connectivity index (χ3v) is 6.28. The fourth-order valence-corrected chi connectivity index (χ4v) is 5.40. The second-order valence-corrected chi connectivity index (χ2v) is 8.03. The zero-order valence-corrected chi connectivity index (χ0v) is 13.4. The maximum Gasteiger partial charge on any atom is 0.348 e. The average molecular weight is 343 g/mol. The average Bonchev–Trinajstić information content (AvgIpc) is 2.82. The van der Waals surface area contributed by atoms with Crippen molar-refractivity contribution in [1.82, 2.24) is 0 Å². The van der Waals surface area contributed by atoms with Crippen molar-refractivity contribution in [2.75, 3.05) is 6.61 Å². The Morgan fingerprint density at radius 3 is 2.86 bits per heavy atom. The van der Waals surface area contributed by atoms with E-state index in [4.69, 9.17) is 16.3 Å². The quantitative estimate of drug-likeness (QED) is 0.783. The van der Waals surface area contributed by atoms with E-state index in [1.807, 2.05) is 0 Å². The molecule has 2 heterocycles. The largest absolute Gasteiger partial charge is 0.462 e. The molecule has 1 aliphatic heterocycles. The number of sulfone groups is 1. The molecule has 1 aromatic heterocycles. The first kappa shape index (κ1) is 14.6. The molecule has 0 N–H and O–H groups in total. The number of carbonyl (C=O) groups excluding carboxylic acids is 1. The van der Waals surface area contributed by atoms with Crippen LogP contribution in [0, 0.1) is 0 Å². The van der Waals surface area contributed by atoms with Crippen LogP contribution < -0.4 is 0 Å². The van der Waals surface area contributed by atoms with Crippen molar-refractivity contribution < 1.29 is 17.9 Å². The molecule has 7 heteroatoms. The van der Waals surface area contributed by atoms with Crippen LogP contribution in [0.4, 0.5) is 0 Å². The molecule has 0 saturated carbocycles. The molecule has 21 heavy (non-hydrogen) atoms. The Labute approximate surface area is 131 Å². The van der Waals surface area contributed by atoms with Gasteiger partial charge in [-0.1, -0.05) is 17.7 Å². The monoisotopic (exact) mass is 342 g/mol. The van der Waals surface area contributed by atoms with Crippen molar-refractivity contribution >= 4 is 38.7 Å². The molecule has 1 aromatic carbocycles. The van der Waals surface area contributed by atoms with Crippen LogP contribution in [0.1, 0.15) is 22.2 Å². The standard InChI is InChI=1S/C14H11ClO4S2/c1-2-19-14(16)11-5-8-7-21(17,18)12-6-9(15)3-4-10(12)13(8)20-11/h3-6H,2,7H2,1H3. The lowest BCUT2D eigenvalue weighted by atomic mass is 10.1. The first-order valence-corrected chi connectivity index (χ1v) is 9.09. The highest BCUT2D eigenvalue weighted by Gasteiger charge is 2.31. The number of thiophene rings is 1. The minimum Gasteiger partial charge on any atom is -0.462 e. The summed E-state index contributed by atoms with van der Waals surface area (Å²) in [6.45, 7) is 2.01. The number of carbonyl (C=O) groups is 1. The zero-order valence-electron chi connectivity index (χ0n) is 11.1. The molecule has 0 fully saturated rings. The van der Waals surface area contributed by atoms with Gasteiger partial charge in [-0.25, -0.2) is 13.2 Å². The van der Waals surface area contributed by atoms with Gasteiger partial charge >= 0.3 is 5.97 Å². The maximum absolute atomic E-state index is 12.3. The molecule has 0 aliphatic carbocycles. The summed E-state index contributed by atoms with van der Waals surface area (Å²) in [7, 11) is -3.43. The molecule has 0 saturated heterocycles. The van der Waals surface area contributed by atoms with Gasteiger partial charge in [-0.05, 0) is 30.7 Å². The van der Waals surface area contributed by atoms with E-state index in [9.17, 15) is 13.2 Å². The predicted octanol–water partition coefficient (Wildman–Crippen LogP) is 3.53. The van der Waals surface area contributed by atoms with Crippen LogP contribution in [0.3, 0.4) is 0 Å². The van der Waals surface area contributed by atoms with Gasteiger partial charge in [0, 0.05) is 15.5 Å². The number of rotatable bonds is 2. The summed E-state index contributed by atoms with van der Waals surface area (Å²) in [5, 5.41) is 0.378. The summed E-state index contributed by atoms with van der Waals surface area (Å²) >= 11 is 7.14. The van der Waals surface area contributed by atoms with E-state index in [1.54, 1.807) is 25.1 Å². The first-order chi connectivity index (χ1) is 9.92. The number of fused-ring (bicyclic) bond motifs is 3. The Bertz CT molecular complexity index is 837. The van der Waals surface area contributed by atoms with Crippen molar-refractivity contribution in [1.29, 1.82) is 0 Å². The van der Waals surface area contributed by atoms with Crippen LogP contribution in [-0.2, 0) is 20.3 Å². The van der Waals surface area contributed by atoms with Crippen molar-refractivity contribution in [2.24, 2.45) is 0 Å². The van der Waals surface area contributed by atoms with Gasteiger partial charge in [-0.3, -0.25) is 0 Å². The van der Waals surface area contributed by atoms with Crippen LogP contribution in [0.5, 0.6) is 0 Å². The van der Waals surface area contributed by atoms with E-state index in [2.05, 4.69) is 0 Å². The van der Waals surface area contributed by atoms with Crippen LogP contribution in [0.2, 0.25) is 5.02 Å². The van der Waals surface area contributed by atoms with E-state index >= 15 is 0 Å². The molecule has 1 aliphatic rings. The Balaban J connectivity index is 2.18. The van der Waals surface area contributed by atoms with Gasteiger partial charge in [0.2, 0.25) is 0 Å². The summed E-state index contributed by atoms with van der Waals surface area (Å²) in [5.41, 5.74) is 1.24. The number of halogens is 1. The van der Waals surface area contributed by atoms with Gasteiger partial charge in [0.05, 0.1) is 17.3 Å². The summed E-state index contributed by atoms with van der Waals surface area (Å²) in [5.74, 6) is -0.546. The third-order valence-electron chi connectivity index (χ3n) is 3.15. The Hall–Kier alpha value is -1.37. The molecule has 0 radical (unpaired) electrons. The summed E-state index contributed by atoms with van der Waals surface area (Å²) in [4.78, 5) is 13.2. The smallest absolute Gasteiger partial charge is 0.348 e. The third kappa shape index (κ3) is 2.47. The molecule has 0 unspecified atom stereocenters. The second-order valence-electron chi connectivity index (χ2n) is 4.59. The van der Waals surface area contributed by atoms with Crippen molar-refractivity contribution in [2.45, 2.75) is 17.6 Å². The molecule has 0 atom stereocenters. The number of hydrogen-bond donors (Lipinski definition) is 0. The first-order valence-electron chi connectivity index (χ1n) is 6.25. The fourth-order valence-electron chi connectivity index (χ4n) is 2.29. The zero-order chi connectivity index (χ0) is 15.2. The normalized spacial score (nSPS) is 15.1. The molecular weight excluding hydrogens is 332 g/mol. The van der Waals surface area contributed by atoms with E-state index in [0.717, 1.165) is 4.88 Å². The van der Waals surface area contributed by atoms with Crippen LogP contribution in [-0.4, -0.2) is 21.0 Å². The molecular formula is C14H11ClO4S2. The number of benzene rings is 1. The van der Waals surface area contributed by atoms with Gasteiger partial charge in [0.25, 0.3) is 0 Å². The highest BCUT2D eigenvalue weighted by molar-refractivity contribution is 7.91. The second kappa shape index (κ2) is 5.12. The highest BCUT2D eigenvalue weighted by atomic mass is 35.5. The molecule has 0 spiro atoms. The van der Waals surface area contributed by atoms with Crippen molar-refractivity contribution in [3.63, 3.8) is 0 Å². The van der Waals surface area contributed by atoms with Gasteiger partial charge in [0.15, 0.2) is 9.84 Å². The highest BCUT2D eigenvalue weighted by Crippen LogP contribution is 2.43. The Kier molecular flexibility index (Phi) is 3.55. The summed E-state index contributed by atoms with van der Waals surface area (Å²) in [6.07, 6.45) is 0. The van der Waals surface area contributed by atoms with Gasteiger partial charge in [-0.2, -0.15) is 0 Å². The lowest BCUT2D eigenvalue weighted by Gasteiger charge is -2.16. The Morgan fingerprint density at radius 2 is 2.14 bits per heavy atom. The molecule has 4 nitrogen and oxygen atoms in total. The van der Waals surface area contributed by atoms with Gasteiger partial charge < -0.3 is 4.74 Å². The van der Waals surface area contributed by atoms with Gasteiger partial charge in [0.1, 0.15) is 4.88 Å². The van der Waals surface area contributed by atoms with E-state index in [1.165, 1.54) is 17.4 Å². The van der Waals surface area contributed by atoms with E-state index < -0.39 is 15.8 Å². The van der Waals surface area contributed by atoms with Crippen LogP contribution in [0.15, 0.2) is 29.2 Å². The number of esters is 1. The molecule has 3 rings (SSSR count). The van der Waals surface area contributed by atoms with Crippen molar-refractivity contribution in [3.8, 4) is 10.4 Å². The van der Waals surface area contributed by atoms with Crippen LogP contribution in [0.25, 0.3) is 10.4 Å². The molecule has 0 amide bonds. The van der Waals surface area contributed by atoms with Crippen molar-refractivity contribution in [3.05, 3.63) is 39.7 Å². The lowest BCUT2D eigenvalue weighted by Crippen LogP contribution is -2.11. The molecule has 2 aromatic rings. The lowest BCUT2D eigenvalue weighted by molar-refractivity contribution is 0.0532. The minimum absolute atomic E-state index is 0.119. The minimum atomic E-state index is -3.43. The summed E-state index contributed by atoms with van der Waals surface area (Å²) in [6, 6.07) is 6.39. The summed E-state index contributed by atoms with van der Waals surface area (Å²) < 4.78 is 29.6. The SMILES string of the molecule is CCOC(=O)c1cc2c(s1)-c1ccc(Cl)cc1S(=O)(=O)C2. The predicted molar refractivity (Wildman–Crippen MR) is 81.6 cm³/mol. The van der Waals surface area contributed by atoms with E-state index in [0.29, 0.717) is 21.0 Å². The van der Waals surface area contributed by atoms with Crippen LogP contribution >= 0.6 is 22.9 Å². The maximum atomic E-state index is 12.3.